The van der Waals surface area contributed by atoms with E-state index in [0.717, 1.165) is 98.4 Å². The van der Waals surface area contributed by atoms with Crippen LogP contribution in [0.15, 0.2) is 170 Å². The topological polar surface area (TPSA) is 336 Å². The highest BCUT2D eigenvalue weighted by molar-refractivity contribution is 6.04. The molecule has 0 unspecified atom stereocenters. The number of primary amides is 3. The second-order valence-corrected chi connectivity index (χ2v) is 28.0. The van der Waals surface area contributed by atoms with Gasteiger partial charge in [0.1, 0.15) is 74.3 Å². The quantitative estimate of drug-likeness (QED) is 0.0561. The van der Waals surface area contributed by atoms with E-state index in [1.165, 1.54) is 0 Å². The molecule has 6 aliphatic rings. The normalized spacial score (nSPS) is 19.7. The average molecular weight is 1450 g/mol. The monoisotopic (exact) mass is 1450 g/mol. The van der Waals surface area contributed by atoms with Gasteiger partial charge in [0.25, 0.3) is 35.4 Å². The lowest BCUT2D eigenvalue weighted by molar-refractivity contribution is -0.127. The van der Waals surface area contributed by atoms with Crippen molar-refractivity contribution >= 4 is 47.1 Å². The zero-order chi connectivity index (χ0) is 75.5. The van der Waals surface area contributed by atoms with Crippen molar-refractivity contribution in [3.8, 4) is 104 Å². The number of benzene rings is 6. The molecule has 3 aromatic heterocycles. The highest BCUT2D eigenvalue weighted by Crippen LogP contribution is 2.56. The molecule has 108 heavy (non-hydrogen) atoms. The zero-order valence-electron chi connectivity index (χ0n) is 60.3. The van der Waals surface area contributed by atoms with Crippen LogP contribution in [0.3, 0.4) is 0 Å². The maximum absolute atomic E-state index is 12.8. The van der Waals surface area contributed by atoms with Crippen LogP contribution < -0.4 is 42.9 Å². The first-order valence-corrected chi connectivity index (χ1v) is 36.1. The van der Waals surface area contributed by atoms with Crippen molar-refractivity contribution in [2.45, 2.75) is 83.3 Å². The molecule has 0 bridgehead atoms. The molecule has 6 fully saturated rings. The second-order valence-electron chi connectivity index (χ2n) is 28.0. The molecule has 2 spiro atoms. The predicted molar refractivity (Wildman–Crippen MR) is 408 cm³/mol. The summed E-state index contributed by atoms with van der Waals surface area (Å²) in [6.07, 6.45) is 8.57. The van der Waals surface area contributed by atoms with Gasteiger partial charge < -0.3 is 62.3 Å². The van der Waals surface area contributed by atoms with Crippen molar-refractivity contribution < 1.29 is 47.7 Å². The minimum absolute atomic E-state index is 0.0508. The SMILES string of the molecule is CC#CC(=O)N1CCC2(CC(n3nc(-c4ccc(Oc5ccccc5)cc4)c(C(N)=O)c3N)C2)C1.CC#CC(=O)N1CCC2(CC(n3nc(-c4ccc(Oc5ccccc5)cc4)c(C(N)=O)c3N)C2)C1.NC(=O)c1cn([C@@H]2CCCN(C(=O)C#CCN3CCOCC3)C2)nc1-c1ccc(Oc2ccccc2)cc1. The molecule has 15 rings (SSSR count). The first-order valence-electron chi connectivity index (χ1n) is 36.1. The number of nitrogen functional groups attached to an aromatic ring is 2. The number of morpholine rings is 1. The number of carbonyl (C=O) groups excluding carboxylic acids is 6. The standard InChI is InChI=1S/C29H31N5O4.2C27H27N5O3/c30-29(36)26-21-34(31-28(26)22-10-12-25(13-11-22)38-24-7-2-1-3-8-24)23-6-4-15-33(20-23)27(35)9-5-14-32-16-18-37-19-17-32;2*1-2-6-22(33)31-14-13-27(17-31)15-19(16-27)32-25(28)23(26(29)34)24(30-32)18-9-11-21(12-10-18)35-20-7-4-3-5-8-20/h1-3,7-8,10-13,21,23H,4,6,14-20H2,(H2,30,36);2*3-5,7-12,19H,13-17,28H2,1H3,(H2,29,34)/t23-;;/m1../s1. The number of nitrogens with two attached hydrogens (primary N) is 5. The van der Waals surface area contributed by atoms with Gasteiger partial charge in [0.05, 0.1) is 43.4 Å². The van der Waals surface area contributed by atoms with Crippen molar-refractivity contribution in [3.63, 3.8) is 0 Å². The Labute approximate surface area is 626 Å². The molecule has 2 aliphatic carbocycles. The maximum atomic E-state index is 12.8. The Morgan fingerprint density at radius 2 is 0.870 bits per heavy atom. The molecule has 0 radical (unpaired) electrons. The molecule has 2 saturated carbocycles. The third kappa shape index (κ3) is 16.9. The minimum Gasteiger partial charge on any atom is -0.457 e. The van der Waals surface area contributed by atoms with Gasteiger partial charge in [0.2, 0.25) is 0 Å². The summed E-state index contributed by atoms with van der Waals surface area (Å²) in [7, 11) is 0. The first-order chi connectivity index (χ1) is 52.3. The van der Waals surface area contributed by atoms with Gasteiger partial charge in [-0.15, -0.1) is 0 Å². The van der Waals surface area contributed by atoms with Crippen LogP contribution in [0.5, 0.6) is 34.5 Å². The smallest absolute Gasteiger partial charge is 0.298 e. The van der Waals surface area contributed by atoms with Crippen LogP contribution in [-0.2, 0) is 19.1 Å². The summed E-state index contributed by atoms with van der Waals surface area (Å²) in [5.41, 5.74) is 34.4. The molecule has 25 nitrogen and oxygen atoms in total. The molecular weight excluding hydrogens is 1370 g/mol. The largest absolute Gasteiger partial charge is 0.457 e. The lowest BCUT2D eigenvalue weighted by Gasteiger charge is -2.45. The van der Waals surface area contributed by atoms with E-state index in [1.807, 2.05) is 174 Å². The van der Waals surface area contributed by atoms with Gasteiger partial charge in [-0.3, -0.25) is 38.3 Å². The number of para-hydroxylation sites is 3. The lowest BCUT2D eigenvalue weighted by Crippen LogP contribution is -2.42. The summed E-state index contributed by atoms with van der Waals surface area (Å²) in [5.74, 6) is 19.0. The molecule has 25 heteroatoms. The van der Waals surface area contributed by atoms with Gasteiger partial charge in [-0.1, -0.05) is 72.4 Å². The molecule has 1 atom stereocenters. The molecule has 6 amide bonds. The molecular formula is C83H85N15O10. The minimum atomic E-state index is -0.613. The van der Waals surface area contributed by atoms with Crippen LogP contribution >= 0.6 is 0 Å². The van der Waals surface area contributed by atoms with E-state index in [-0.39, 0.29) is 69.4 Å². The predicted octanol–water partition coefficient (Wildman–Crippen LogP) is 10.1. The van der Waals surface area contributed by atoms with Gasteiger partial charge in [-0.2, -0.15) is 15.3 Å². The highest BCUT2D eigenvalue weighted by Gasteiger charge is 2.52. The van der Waals surface area contributed by atoms with Crippen LogP contribution in [0.2, 0.25) is 0 Å². The number of nitrogens with zero attached hydrogens (tertiary/aromatic N) is 10. The fraction of sp³-hybridized carbons (Fsp3) is 0.313. The van der Waals surface area contributed by atoms with E-state index in [2.05, 4.69) is 40.4 Å². The van der Waals surface area contributed by atoms with Crippen molar-refractivity contribution in [2.75, 3.05) is 83.6 Å². The van der Waals surface area contributed by atoms with Crippen LogP contribution in [0.1, 0.15) is 114 Å². The molecule has 6 aromatic carbocycles. The van der Waals surface area contributed by atoms with E-state index in [1.54, 1.807) is 39.0 Å². The zero-order valence-corrected chi connectivity index (χ0v) is 60.3. The van der Waals surface area contributed by atoms with Gasteiger partial charge in [0.15, 0.2) is 0 Å². The van der Waals surface area contributed by atoms with Crippen molar-refractivity contribution in [1.82, 2.24) is 48.9 Å². The van der Waals surface area contributed by atoms with Crippen LogP contribution in [0, 0.1) is 46.4 Å². The summed E-state index contributed by atoms with van der Waals surface area (Å²) in [4.78, 5) is 81.5. The van der Waals surface area contributed by atoms with Crippen molar-refractivity contribution in [3.05, 3.63) is 187 Å². The number of carbonyl (C=O) groups is 6. The third-order valence-corrected chi connectivity index (χ3v) is 20.6. The Morgan fingerprint density at radius 3 is 1.27 bits per heavy atom. The number of rotatable bonds is 16. The number of aromatic nitrogens is 6. The summed E-state index contributed by atoms with van der Waals surface area (Å²) >= 11 is 0. The van der Waals surface area contributed by atoms with E-state index in [9.17, 15) is 28.8 Å². The van der Waals surface area contributed by atoms with Crippen LogP contribution in [0.25, 0.3) is 33.8 Å². The number of anilines is 2. The second kappa shape index (κ2) is 32.8. The van der Waals surface area contributed by atoms with E-state index >= 15 is 0 Å². The Morgan fingerprint density at radius 1 is 0.472 bits per heavy atom. The Hall–Kier alpha value is -12.6. The highest BCUT2D eigenvalue weighted by atomic mass is 16.5. The van der Waals surface area contributed by atoms with Crippen molar-refractivity contribution in [1.29, 1.82) is 0 Å². The van der Waals surface area contributed by atoms with Gasteiger partial charge >= 0.3 is 0 Å². The lowest BCUT2D eigenvalue weighted by atomic mass is 9.65. The Balaban J connectivity index is 0.000000143. The van der Waals surface area contributed by atoms with Crippen LogP contribution in [-0.4, -0.2) is 157 Å². The fourth-order valence-corrected chi connectivity index (χ4v) is 15.1. The van der Waals surface area contributed by atoms with Gasteiger partial charge in [0, 0.05) is 75.2 Å². The van der Waals surface area contributed by atoms with Gasteiger partial charge in [-0.05, 0) is 203 Å². The fourth-order valence-electron chi connectivity index (χ4n) is 15.1. The summed E-state index contributed by atoms with van der Waals surface area (Å²) in [6.45, 7) is 10.9. The first kappa shape index (κ1) is 73.7. The molecule has 9 aromatic rings. The number of hydrogen-bond donors (Lipinski definition) is 5. The number of amides is 6. The molecule has 4 saturated heterocycles. The maximum Gasteiger partial charge on any atom is 0.298 e. The molecule has 4 aliphatic heterocycles. The summed E-state index contributed by atoms with van der Waals surface area (Å²) < 4.78 is 28.2. The van der Waals surface area contributed by atoms with E-state index in [4.69, 9.17) is 62.9 Å². The number of ether oxygens (including phenoxy) is 4. The Bertz CT molecular complexity index is 4760. The summed E-state index contributed by atoms with van der Waals surface area (Å²) in [6, 6.07) is 50.6. The molecule has 7 heterocycles. The van der Waals surface area contributed by atoms with E-state index in [0.29, 0.717) is 98.9 Å². The van der Waals surface area contributed by atoms with Crippen molar-refractivity contribution in [2.24, 2.45) is 28.0 Å². The van der Waals surface area contributed by atoms with E-state index < -0.39 is 17.7 Å². The number of likely N-dealkylation sites (tertiary alicyclic amines) is 3. The summed E-state index contributed by atoms with van der Waals surface area (Å²) in [5, 5.41) is 14.2. The number of piperidine rings is 1. The molecule has 10 N–H and O–H groups in total. The molecule has 552 valence electrons. The van der Waals surface area contributed by atoms with Gasteiger partial charge in [-0.25, -0.2) is 9.36 Å². The Kier molecular flexibility index (Phi) is 22.4. The average Bonchev–Trinajstić information content (AvgIpc) is 1.58. The third-order valence-electron chi connectivity index (χ3n) is 20.6. The van der Waals surface area contributed by atoms with Crippen LogP contribution in [0.4, 0.5) is 11.6 Å². The number of hydrogen-bond acceptors (Lipinski definition) is 16.